The molecule has 1 unspecified atom stereocenters. The van der Waals surface area contributed by atoms with Gasteiger partial charge in [0.2, 0.25) is 0 Å². The first-order chi connectivity index (χ1) is 4.22. The minimum atomic E-state index is 0.557. The summed E-state index contributed by atoms with van der Waals surface area (Å²) in [6, 6.07) is 0.557. The Morgan fingerprint density at radius 1 is 1.67 bits per heavy atom. The van der Waals surface area contributed by atoms with Crippen LogP contribution in [0.25, 0.3) is 0 Å². The number of hydrogen-bond donors (Lipinski definition) is 0. The lowest BCUT2D eigenvalue weighted by molar-refractivity contribution is 0.266. The zero-order valence-electron chi connectivity index (χ0n) is 6.76. The predicted molar refractivity (Wildman–Crippen MR) is 41.7 cm³/mol. The molecule has 0 fully saturated rings. The zero-order valence-corrected chi connectivity index (χ0v) is 6.76. The SMILES string of the molecule is C/C=N\N(C)C(C)CC. The Hall–Kier alpha value is -0.530. The summed E-state index contributed by atoms with van der Waals surface area (Å²) < 4.78 is 0. The van der Waals surface area contributed by atoms with Gasteiger partial charge in [-0.05, 0) is 20.3 Å². The van der Waals surface area contributed by atoms with Crippen LogP contribution in [0.4, 0.5) is 0 Å². The summed E-state index contributed by atoms with van der Waals surface area (Å²) in [6.45, 7) is 6.25. The van der Waals surface area contributed by atoms with Crippen molar-refractivity contribution in [2.75, 3.05) is 7.05 Å². The van der Waals surface area contributed by atoms with Crippen molar-refractivity contribution >= 4 is 6.21 Å². The summed E-state index contributed by atoms with van der Waals surface area (Å²) in [5, 5.41) is 6.08. The van der Waals surface area contributed by atoms with Gasteiger partial charge in [0.15, 0.2) is 0 Å². The maximum Gasteiger partial charge on any atom is 0.0436 e. The topological polar surface area (TPSA) is 15.6 Å². The molecule has 0 aromatic carbocycles. The fourth-order valence-electron chi connectivity index (χ4n) is 0.560. The molecule has 2 heteroatoms. The van der Waals surface area contributed by atoms with Crippen LogP contribution in [0.5, 0.6) is 0 Å². The molecule has 0 bridgehead atoms. The van der Waals surface area contributed by atoms with E-state index < -0.39 is 0 Å². The van der Waals surface area contributed by atoms with Gasteiger partial charge in [-0.1, -0.05) is 6.92 Å². The van der Waals surface area contributed by atoms with Gasteiger partial charge in [0.05, 0.1) is 0 Å². The summed E-state index contributed by atoms with van der Waals surface area (Å²) in [7, 11) is 1.99. The molecule has 0 saturated carbocycles. The molecule has 0 aliphatic carbocycles. The smallest absolute Gasteiger partial charge is 0.0436 e. The highest BCUT2D eigenvalue weighted by molar-refractivity contribution is 5.52. The molecule has 0 N–H and O–H groups in total. The van der Waals surface area contributed by atoms with Gasteiger partial charge in [-0.25, -0.2) is 0 Å². The van der Waals surface area contributed by atoms with Crippen LogP contribution in [0.15, 0.2) is 5.10 Å². The van der Waals surface area contributed by atoms with Crippen LogP contribution in [-0.2, 0) is 0 Å². The van der Waals surface area contributed by atoms with Crippen molar-refractivity contribution in [1.29, 1.82) is 0 Å². The van der Waals surface area contributed by atoms with Gasteiger partial charge in [-0.2, -0.15) is 5.10 Å². The fourth-order valence-corrected chi connectivity index (χ4v) is 0.560. The second-order valence-corrected chi connectivity index (χ2v) is 2.20. The average molecular weight is 128 g/mol. The van der Waals surface area contributed by atoms with Gasteiger partial charge in [0.1, 0.15) is 0 Å². The Morgan fingerprint density at radius 3 is 2.56 bits per heavy atom. The van der Waals surface area contributed by atoms with E-state index in [4.69, 9.17) is 0 Å². The van der Waals surface area contributed by atoms with E-state index in [1.54, 1.807) is 0 Å². The van der Waals surface area contributed by atoms with E-state index in [1.165, 1.54) is 0 Å². The minimum Gasteiger partial charge on any atom is -0.298 e. The minimum absolute atomic E-state index is 0.557. The van der Waals surface area contributed by atoms with Gasteiger partial charge in [0, 0.05) is 19.3 Å². The highest BCUT2D eigenvalue weighted by Crippen LogP contribution is 1.98. The maximum atomic E-state index is 4.10. The zero-order chi connectivity index (χ0) is 7.28. The van der Waals surface area contributed by atoms with Gasteiger partial charge in [-0.15, -0.1) is 0 Å². The molecular formula is C7H16N2. The van der Waals surface area contributed by atoms with E-state index in [0.29, 0.717) is 6.04 Å². The van der Waals surface area contributed by atoms with Gasteiger partial charge in [0.25, 0.3) is 0 Å². The van der Waals surface area contributed by atoms with Crippen molar-refractivity contribution in [2.24, 2.45) is 5.10 Å². The van der Waals surface area contributed by atoms with Crippen molar-refractivity contribution < 1.29 is 0 Å². The lowest BCUT2D eigenvalue weighted by atomic mass is 10.3. The molecule has 0 amide bonds. The maximum absolute atomic E-state index is 4.10. The van der Waals surface area contributed by atoms with E-state index in [1.807, 2.05) is 25.2 Å². The average Bonchev–Trinajstić information content (AvgIpc) is 1.87. The summed E-state index contributed by atoms with van der Waals surface area (Å²) in [5.41, 5.74) is 0. The largest absolute Gasteiger partial charge is 0.298 e. The van der Waals surface area contributed by atoms with Crippen LogP contribution < -0.4 is 0 Å². The molecule has 0 aromatic rings. The lowest BCUT2D eigenvalue weighted by Crippen LogP contribution is -2.22. The van der Waals surface area contributed by atoms with Crippen molar-refractivity contribution in [3.63, 3.8) is 0 Å². The van der Waals surface area contributed by atoms with E-state index >= 15 is 0 Å². The van der Waals surface area contributed by atoms with E-state index in [2.05, 4.69) is 18.9 Å². The summed E-state index contributed by atoms with van der Waals surface area (Å²) >= 11 is 0. The van der Waals surface area contributed by atoms with Crippen LogP contribution in [0.1, 0.15) is 27.2 Å². The molecule has 0 aliphatic heterocycles. The first kappa shape index (κ1) is 8.47. The number of nitrogens with zero attached hydrogens (tertiary/aromatic N) is 2. The fraction of sp³-hybridized carbons (Fsp3) is 0.857. The Morgan fingerprint density at radius 2 is 2.22 bits per heavy atom. The quantitative estimate of drug-likeness (QED) is 0.417. The van der Waals surface area contributed by atoms with E-state index in [9.17, 15) is 0 Å². The molecule has 2 nitrogen and oxygen atoms in total. The molecule has 54 valence electrons. The summed E-state index contributed by atoms with van der Waals surface area (Å²) in [5.74, 6) is 0. The van der Waals surface area contributed by atoms with Gasteiger partial charge < -0.3 is 0 Å². The van der Waals surface area contributed by atoms with Crippen LogP contribution >= 0.6 is 0 Å². The summed E-state index contributed by atoms with van der Waals surface area (Å²) in [4.78, 5) is 0. The second-order valence-electron chi connectivity index (χ2n) is 2.20. The molecule has 0 rings (SSSR count). The molecule has 9 heavy (non-hydrogen) atoms. The third kappa shape index (κ3) is 3.12. The third-order valence-electron chi connectivity index (χ3n) is 1.53. The molecule has 0 heterocycles. The first-order valence-corrected chi connectivity index (χ1v) is 3.43. The van der Waals surface area contributed by atoms with Crippen LogP contribution in [0.3, 0.4) is 0 Å². The standard InChI is InChI=1S/C7H16N2/c1-5-7(3)9(4)8-6-2/h6-7H,5H2,1-4H3/b8-6-. The molecule has 0 saturated heterocycles. The normalized spacial score (nSPS) is 14.2. The highest BCUT2D eigenvalue weighted by Gasteiger charge is 2.00. The number of rotatable bonds is 3. The van der Waals surface area contributed by atoms with Crippen molar-refractivity contribution in [1.82, 2.24) is 5.01 Å². The molecule has 0 aromatic heterocycles. The lowest BCUT2D eigenvalue weighted by Gasteiger charge is -2.19. The van der Waals surface area contributed by atoms with E-state index in [0.717, 1.165) is 6.42 Å². The number of hydrogen-bond acceptors (Lipinski definition) is 2. The Bertz CT molecular complexity index is 88.9. The van der Waals surface area contributed by atoms with Gasteiger partial charge >= 0.3 is 0 Å². The Labute approximate surface area is 57.6 Å². The first-order valence-electron chi connectivity index (χ1n) is 3.43. The van der Waals surface area contributed by atoms with Crippen LogP contribution in [-0.4, -0.2) is 24.3 Å². The van der Waals surface area contributed by atoms with Crippen molar-refractivity contribution in [2.45, 2.75) is 33.2 Å². The van der Waals surface area contributed by atoms with E-state index in [-0.39, 0.29) is 0 Å². The van der Waals surface area contributed by atoms with Crippen molar-refractivity contribution in [3.8, 4) is 0 Å². The second kappa shape index (κ2) is 4.36. The molecule has 0 spiro atoms. The third-order valence-corrected chi connectivity index (χ3v) is 1.53. The predicted octanol–water partition coefficient (Wildman–Crippen LogP) is 1.72. The van der Waals surface area contributed by atoms with Gasteiger partial charge in [-0.3, -0.25) is 5.01 Å². The molecule has 0 radical (unpaired) electrons. The van der Waals surface area contributed by atoms with Crippen LogP contribution in [0, 0.1) is 0 Å². The Balaban J connectivity index is 3.58. The van der Waals surface area contributed by atoms with Crippen LogP contribution in [0.2, 0.25) is 0 Å². The number of hydrazone groups is 1. The van der Waals surface area contributed by atoms with Crippen molar-refractivity contribution in [3.05, 3.63) is 0 Å². The molecule has 0 aliphatic rings. The molecular weight excluding hydrogens is 112 g/mol. The molecule has 1 atom stereocenters. The monoisotopic (exact) mass is 128 g/mol. The Kier molecular flexibility index (Phi) is 4.10. The summed E-state index contributed by atoms with van der Waals surface area (Å²) in [6.07, 6.45) is 2.96. The highest BCUT2D eigenvalue weighted by atomic mass is 15.4.